The summed E-state index contributed by atoms with van der Waals surface area (Å²) in [7, 11) is -0.400. The maximum absolute atomic E-state index is 13.6. The minimum atomic E-state index is -0.400. The molecular formula is C15H14FOS+. The standard InChI is InChI=1S/C15H14FOS/c1-18(15-10-6-5-9-13(15)16)11-14(17)12-7-3-2-4-8-12/h2-10H,11H2,1H3/q+1. The molecule has 0 fully saturated rings. The molecule has 0 amide bonds. The Bertz CT molecular complexity index is 539. The van der Waals surface area contributed by atoms with Crippen LogP contribution < -0.4 is 0 Å². The normalized spacial score (nSPS) is 12.1. The van der Waals surface area contributed by atoms with Gasteiger partial charge in [0.05, 0.1) is 0 Å². The molecule has 0 aliphatic carbocycles. The molecule has 0 bridgehead atoms. The van der Waals surface area contributed by atoms with Gasteiger partial charge in [-0.15, -0.1) is 0 Å². The van der Waals surface area contributed by atoms with Gasteiger partial charge in [-0.1, -0.05) is 42.5 Å². The highest BCUT2D eigenvalue weighted by Crippen LogP contribution is 2.17. The summed E-state index contributed by atoms with van der Waals surface area (Å²) in [5.41, 5.74) is 0.688. The van der Waals surface area contributed by atoms with Crippen molar-refractivity contribution in [2.45, 2.75) is 4.90 Å². The summed E-state index contributed by atoms with van der Waals surface area (Å²) in [6.45, 7) is 0. The van der Waals surface area contributed by atoms with Gasteiger partial charge < -0.3 is 0 Å². The number of hydrogen-bond acceptors (Lipinski definition) is 1. The molecule has 0 heterocycles. The van der Waals surface area contributed by atoms with Crippen molar-refractivity contribution < 1.29 is 9.18 Å². The molecule has 0 spiro atoms. The van der Waals surface area contributed by atoms with Crippen LogP contribution in [-0.4, -0.2) is 17.8 Å². The van der Waals surface area contributed by atoms with E-state index in [2.05, 4.69) is 0 Å². The predicted molar refractivity (Wildman–Crippen MR) is 73.6 cm³/mol. The van der Waals surface area contributed by atoms with E-state index in [1.165, 1.54) is 6.07 Å². The van der Waals surface area contributed by atoms with Crippen molar-refractivity contribution in [2.24, 2.45) is 0 Å². The molecule has 1 unspecified atom stereocenters. The van der Waals surface area contributed by atoms with Crippen molar-refractivity contribution in [2.75, 3.05) is 12.0 Å². The van der Waals surface area contributed by atoms with E-state index in [0.717, 1.165) is 0 Å². The first-order chi connectivity index (χ1) is 8.68. The topological polar surface area (TPSA) is 17.1 Å². The van der Waals surface area contributed by atoms with E-state index in [1.54, 1.807) is 30.3 Å². The number of carbonyl (C=O) groups is 1. The highest BCUT2D eigenvalue weighted by Gasteiger charge is 2.24. The molecule has 0 N–H and O–H groups in total. The summed E-state index contributed by atoms with van der Waals surface area (Å²) in [4.78, 5) is 12.7. The van der Waals surface area contributed by atoms with Crippen LogP contribution in [0.2, 0.25) is 0 Å². The zero-order valence-corrected chi connectivity index (χ0v) is 10.9. The molecule has 0 aliphatic heterocycles. The van der Waals surface area contributed by atoms with Gasteiger partial charge in [-0.05, 0) is 12.1 Å². The molecule has 0 aromatic heterocycles. The Morgan fingerprint density at radius 1 is 1.06 bits per heavy atom. The fraction of sp³-hybridized carbons (Fsp3) is 0.133. The number of hydrogen-bond donors (Lipinski definition) is 0. The third-order valence-electron chi connectivity index (χ3n) is 2.66. The van der Waals surface area contributed by atoms with Crippen molar-refractivity contribution in [1.29, 1.82) is 0 Å². The van der Waals surface area contributed by atoms with Gasteiger partial charge in [0.2, 0.25) is 5.78 Å². The summed E-state index contributed by atoms with van der Waals surface area (Å²) < 4.78 is 13.6. The zero-order valence-electron chi connectivity index (χ0n) is 10.1. The van der Waals surface area contributed by atoms with Crippen LogP contribution in [0.1, 0.15) is 10.4 Å². The van der Waals surface area contributed by atoms with Gasteiger partial charge in [0.15, 0.2) is 16.5 Å². The highest BCUT2D eigenvalue weighted by atomic mass is 32.2. The summed E-state index contributed by atoms with van der Waals surface area (Å²) >= 11 is 0. The summed E-state index contributed by atoms with van der Waals surface area (Å²) in [5, 5.41) is 0. The van der Waals surface area contributed by atoms with Crippen LogP contribution in [0.3, 0.4) is 0 Å². The molecule has 1 nitrogen and oxygen atoms in total. The second-order valence-electron chi connectivity index (χ2n) is 4.00. The average molecular weight is 261 g/mol. The van der Waals surface area contributed by atoms with E-state index in [-0.39, 0.29) is 11.6 Å². The quantitative estimate of drug-likeness (QED) is 0.609. The number of Topliss-reactive ketones (excluding diaryl/α,β-unsaturated/α-hetero) is 1. The zero-order chi connectivity index (χ0) is 13.0. The van der Waals surface area contributed by atoms with Gasteiger partial charge >= 0.3 is 0 Å². The van der Waals surface area contributed by atoms with Crippen LogP contribution >= 0.6 is 0 Å². The molecule has 0 aliphatic rings. The lowest BCUT2D eigenvalue weighted by molar-refractivity contribution is 0.102. The van der Waals surface area contributed by atoms with Crippen LogP contribution in [-0.2, 0) is 10.9 Å². The van der Waals surface area contributed by atoms with Crippen LogP contribution in [0.4, 0.5) is 4.39 Å². The third kappa shape index (κ3) is 2.99. The summed E-state index contributed by atoms with van der Waals surface area (Å²) in [6, 6.07) is 15.8. The van der Waals surface area contributed by atoms with Crippen molar-refractivity contribution in [3.05, 3.63) is 66.0 Å². The van der Waals surface area contributed by atoms with E-state index >= 15 is 0 Å². The fourth-order valence-corrected chi connectivity index (χ4v) is 3.14. The Morgan fingerprint density at radius 2 is 1.67 bits per heavy atom. The maximum Gasteiger partial charge on any atom is 0.212 e. The van der Waals surface area contributed by atoms with Crippen LogP contribution in [0, 0.1) is 5.82 Å². The molecule has 3 heteroatoms. The van der Waals surface area contributed by atoms with E-state index in [1.807, 2.05) is 24.5 Å². The van der Waals surface area contributed by atoms with E-state index < -0.39 is 10.9 Å². The molecule has 1 atom stereocenters. The van der Waals surface area contributed by atoms with Crippen molar-refractivity contribution >= 4 is 16.7 Å². The Kier molecular flexibility index (Phi) is 4.15. The number of ketones is 1. The minimum absolute atomic E-state index is 0.0599. The Labute approximate surface area is 109 Å². The van der Waals surface area contributed by atoms with E-state index in [0.29, 0.717) is 16.2 Å². The number of benzene rings is 2. The fourth-order valence-electron chi connectivity index (χ4n) is 1.71. The first kappa shape index (κ1) is 12.8. The van der Waals surface area contributed by atoms with Crippen molar-refractivity contribution in [3.8, 4) is 0 Å². The second-order valence-corrected chi connectivity index (χ2v) is 6.00. The van der Waals surface area contributed by atoms with Crippen molar-refractivity contribution in [3.63, 3.8) is 0 Å². The molecule has 2 aromatic rings. The monoisotopic (exact) mass is 261 g/mol. The largest absolute Gasteiger partial charge is 0.289 e. The van der Waals surface area contributed by atoms with E-state index in [4.69, 9.17) is 0 Å². The van der Waals surface area contributed by atoms with Crippen LogP contribution in [0.15, 0.2) is 59.5 Å². The average Bonchev–Trinajstić information content (AvgIpc) is 2.40. The SMILES string of the molecule is C[S+](CC(=O)c1ccccc1)c1ccccc1F. The second kappa shape index (κ2) is 5.83. The Hall–Kier alpha value is -1.61. The molecule has 18 heavy (non-hydrogen) atoms. The molecule has 0 saturated carbocycles. The molecular weight excluding hydrogens is 247 g/mol. The highest BCUT2D eigenvalue weighted by molar-refractivity contribution is 7.96. The van der Waals surface area contributed by atoms with Gasteiger partial charge in [0.25, 0.3) is 0 Å². The summed E-state index contributed by atoms with van der Waals surface area (Å²) in [5.74, 6) is 0.180. The molecule has 2 rings (SSSR count). The third-order valence-corrected chi connectivity index (χ3v) is 4.43. The molecule has 2 aromatic carbocycles. The van der Waals surface area contributed by atoms with Gasteiger partial charge in [-0.3, -0.25) is 4.79 Å². The number of carbonyl (C=O) groups excluding carboxylic acids is 1. The van der Waals surface area contributed by atoms with Gasteiger partial charge in [-0.2, -0.15) is 0 Å². The predicted octanol–water partition coefficient (Wildman–Crippen LogP) is 3.32. The summed E-state index contributed by atoms with van der Waals surface area (Å²) in [6.07, 6.45) is 1.90. The lowest BCUT2D eigenvalue weighted by atomic mass is 10.2. The number of halogens is 1. The maximum atomic E-state index is 13.6. The van der Waals surface area contributed by atoms with E-state index in [9.17, 15) is 9.18 Å². The van der Waals surface area contributed by atoms with Gasteiger partial charge in [-0.25, -0.2) is 4.39 Å². The van der Waals surface area contributed by atoms with Crippen molar-refractivity contribution in [1.82, 2.24) is 0 Å². The number of rotatable bonds is 4. The Morgan fingerprint density at radius 3 is 2.33 bits per heavy atom. The first-order valence-corrected chi connectivity index (χ1v) is 7.44. The lowest BCUT2D eigenvalue weighted by Gasteiger charge is -2.03. The first-order valence-electron chi connectivity index (χ1n) is 5.64. The molecule has 0 saturated heterocycles. The van der Waals surface area contributed by atoms with Gasteiger partial charge in [0.1, 0.15) is 6.26 Å². The van der Waals surface area contributed by atoms with Crippen LogP contribution in [0.25, 0.3) is 0 Å². The Balaban J connectivity index is 2.11. The molecule has 0 radical (unpaired) electrons. The van der Waals surface area contributed by atoms with Gasteiger partial charge in [0, 0.05) is 16.5 Å². The minimum Gasteiger partial charge on any atom is -0.289 e. The smallest absolute Gasteiger partial charge is 0.212 e. The van der Waals surface area contributed by atoms with Crippen LogP contribution in [0.5, 0.6) is 0 Å². The molecule has 92 valence electrons. The lowest BCUT2D eigenvalue weighted by Crippen LogP contribution is -2.16.